The number of nitrogens with one attached hydrogen (secondary N) is 1. The molecule has 0 spiro atoms. The summed E-state index contributed by atoms with van der Waals surface area (Å²) in [5.41, 5.74) is 2.39. The van der Waals surface area contributed by atoms with Crippen LogP contribution in [-0.4, -0.2) is 30.5 Å². The lowest BCUT2D eigenvalue weighted by Crippen LogP contribution is -2.26. The Morgan fingerprint density at radius 3 is 2.44 bits per heavy atom. The van der Waals surface area contributed by atoms with Crippen molar-refractivity contribution in [2.45, 2.75) is 45.8 Å². The molecule has 0 saturated carbocycles. The van der Waals surface area contributed by atoms with Gasteiger partial charge >= 0.3 is 0 Å². The van der Waals surface area contributed by atoms with E-state index in [-0.39, 0.29) is 6.10 Å². The molecule has 0 amide bonds. The summed E-state index contributed by atoms with van der Waals surface area (Å²) in [5.74, 6) is 0. The van der Waals surface area contributed by atoms with Gasteiger partial charge in [-0.05, 0) is 38.0 Å². The van der Waals surface area contributed by atoms with Gasteiger partial charge in [-0.3, -0.25) is 0 Å². The van der Waals surface area contributed by atoms with Gasteiger partial charge in [0.25, 0.3) is 0 Å². The fourth-order valence-corrected chi connectivity index (χ4v) is 1.68. The second-order valence-electron chi connectivity index (χ2n) is 4.86. The zero-order valence-corrected chi connectivity index (χ0v) is 11.6. The number of benzene rings is 1. The topological polar surface area (TPSA) is 41.5 Å². The van der Waals surface area contributed by atoms with E-state index in [4.69, 9.17) is 4.74 Å². The van der Waals surface area contributed by atoms with Crippen molar-refractivity contribution in [2.75, 3.05) is 18.5 Å². The first-order valence-electron chi connectivity index (χ1n) is 6.74. The summed E-state index contributed by atoms with van der Waals surface area (Å²) >= 11 is 0. The van der Waals surface area contributed by atoms with E-state index in [0.717, 1.165) is 18.5 Å². The minimum absolute atomic E-state index is 0.160. The van der Waals surface area contributed by atoms with E-state index >= 15 is 0 Å². The van der Waals surface area contributed by atoms with Crippen molar-refractivity contribution in [3.8, 4) is 0 Å². The molecule has 0 aliphatic carbocycles. The zero-order chi connectivity index (χ0) is 13.4. The van der Waals surface area contributed by atoms with Gasteiger partial charge in [-0.2, -0.15) is 0 Å². The lowest BCUT2D eigenvalue weighted by molar-refractivity contribution is 0.0112. The third-order valence-electron chi connectivity index (χ3n) is 2.66. The Hall–Kier alpha value is -1.06. The molecule has 1 aromatic carbocycles. The summed E-state index contributed by atoms with van der Waals surface area (Å²) < 4.78 is 5.35. The van der Waals surface area contributed by atoms with Gasteiger partial charge in [0.15, 0.2) is 0 Å². The SMILES string of the molecule is CCCc1ccc(NCC(O)COC(C)C)cc1. The molecule has 0 aromatic heterocycles. The van der Waals surface area contributed by atoms with Crippen molar-refractivity contribution in [1.29, 1.82) is 0 Å². The monoisotopic (exact) mass is 251 g/mol. The predicted molar refractivity (Wildman–Crippen MR) is 76.0 cm³/mol. The lowest BCUT2D eigenvalue weighted by atomic mass is 10.1. The molecule has 1 unspecified atom stereocenters. The van der Waals surface area contributed by atoms with Crippen LogP contribution >= 0.6 is 0 Å². The maximum atomic E-state index is 9.71. The van der Waals surface area contributed by atoms with Crippen molar-refractivity contribution in [1.82, 2.24) is 0 Å². The number of ether oxygens (including phenoxy) is 1. The fraction of sp³-hybridized carbons (Fsp3) is 0.600. The number of hydrogen-bond acceptors (Lipinski definition) is 3. The summed E-state index contributed by atoms with van der Waals surface area (Å²) in [4.78, 5) is 0. The van der Waals surface area contributed by atoms with Gasteiger partial charge in [0.05, 0.1) is 18.8 Å². The second-order valence-corrected chi connectivity index (χ2v) is 4.86. The van der Waals surface area contributed by atoms with Crippen LogP contribution in [0.3, 0.4) is 0 Å². The van der Waals surface area contributed by atoms with Crippen molar-refractivity contribution in [3.05, 3.63) is 29.8 Å². The highest BCUT2D eigenvalue weighted by atomic mass is 16.5. The first-order chi connectivity index (χ1) is 8.61. The average molecular weight is 251 g/mol. The normalized spacial score (nSPS) is 12.7. The van der Waals surface area contributed by atoms with Crippen molar-refractivity contribution in [2.24, 2.45) is 0 Å². The molecule has 1 atom stereocenters. The highest BCUT2D eigenvalue weighted by molar-refractivity contribution is 5.44. The summed E-state index contributed by atoms with van der Waals surface area (Å²) in [5, 5.41) is 12.9. The number of aryl methyl sites for hydroxylation is 1. The van der Waals surface area contributed by atoms with Crippen LogP contribution in [0.25, 0.3) is 0 Å². The number of rotatable bonds is 8. The van der Waals surface area contributed by atoms with Crippen LogP contribution in [0.1, 0.15) is 32.8 Å². The predicted octanol–water partition coefficient (Wildman–Crippen LogP) is 2.84. The highest BCUT2D eigenvalue weighted by Gasteiger charge is 2.05. The number of anilines is 1. The van der Waals surface area contributed by atoms with Crippen LogP contribution in [0.4, 0.5) is 5.69 Å². The summed E-state index contributed by atoms with van der Waals surface area (Å²) in [6, 6.07) is 8.37. The Balaban J connectivity index is 2.29. The average Bonchev–Trinajstić information content (AvgIpc) is 2.36. The van der Waals surface area contributed by atoms with E-state index in [0.29, 0.717) is 13.2 Å². The van der Waals surface area contributed by atoms with E-state index in [9.17, 15) is 5.11 Å². The Labute approximate surface area is 110 Å². The Morgan fingerprint density at radius 2 is 1.89 bits per heavy atom. The van der Waals surface area contributed by atoms with Gasteiger partial charge in [-0.15, -0.1) is 0 Å². The van der Waals surface area contributed by atoms with Crippen molar-refractivity contribution in [3.63, 3.8) is 0 Å². The summed E-state index contributed by atoms with van der Waals surface area (Å²) in [7, 11) is 0. The van der Waals surface area contributed by atoms with Gasteiger partial charge in [-0.1, -0.05) is 25.5 Å². The summed E-state index contributed by atoms with van der Waals surface area (Å²) in [6.07, 6.45) is 1.97. The minimum Gasteiger partial charge on any atom is -0.389 e. The standard InChI is InChI=1S/C15H25NO2/c1-4-5-13-6-8-14(9-7-13)16-10-15(17)11-18-12(2)3/h6-9,12,15-17H,4-5,10-11H2,1-3H3. The van der Waals surface area contributed by atoms with Crippen LogP contribution < -0.4 is 5.32 Å². The quantitative estimate of drug-likeness (QED) is 0.746. The first kappa shape index (κ1) is 15.0. The number of aliphatic hydroxyl groups is 1. The maximum absolute atomic E-state index is 9.71. The molecule has 3 heteroatoms. The lowest BCUT2D eigenvalue weighted by Gasteiger charge is -2.15. The zero-order valence-electron chi connectivity index (χ0n) is 11.6. The molecule has 3 nitrogen and oxygen atoms in total. The molecule has 2 N–H and O–H groups in total. The Bertz CT molecular complexity index is 322. The van der Waals surface area contributed by atoms with Crippen LogP contribution in [0.5, 0.6) is 0 Å². The molecule has 102 valence electrons. The van der Waals surface area contributed by atoms with Crippen LogP contribution in [0.2, 0.25) is 0 Å². The molecule has 0 aliphatic heterocycles. The molecule has 0 aliphatic rings. The van der Waals surface area contributed by atoms with Gasteiger partial charge in [0.1, 0.15) is 0 Å². The van der Waals surface area contributed by atoms with Crippen molar-refractivity contribution >= 4 is 5.69 Å². The van der Waals surface area contributed by atoms with Gasteiger partial charge < -0.3 is 15.2 Å². The van der Waals surface area contributed by atoms with Crippen LogP contribution in [-0.2, 0) is 11.2 Å². The molecule has 1 rings (SSSR count). The van der Waals surface area contributed by atoms with Crippen LogP contribution in [0, 0.1) is 0 Å². The molecule has 0 radical (unpaired) electrons. The molecule has 0 saturated heterocycles. The Morgan fingerprint density at radius 1 is 1.22 bits per heavy atom. The minimum atomic E-state index is -0.470. The van der Waals surface area contributed by atoms with Crippen LogP contribution in [0.15, 0.2) is 24.3 Å². The number of hydrogen-bond donors (Lipinski definition) is 2. The molecular weight excluding hydrogens is 226 g/mol. The molecule has 1 aromatic rings. The van der Waals surface area contributed by atoms with E-state index < -0.39 is 6.10 Å². The largest absolute Gasteiger partial charge is 0.389 e. The van der Waals surface area contributed by atoms with E-state index in [1.807, 2.05) is 13.8 Å². The van der Waals surface area contributed by atoms with E-state index in [1.165, 1.54) is 5.56 Å². The number of aliphatic hydroxyl groups excluding tert-OH is 1. The molecule has 18 heavy (non-hydrogen) atoms. The molecule has 0 fully saturated rings. The summed E-state index contributed by atoms with van der Waals surface area (Å²) in [6.45, 7) is 6.99. The third kappa shape index (κ3) is 6.03. The van der Waals surface area contributed by atoms with Gasteiger partial charge in [0.2, 0.25) is 0 Å². The van der Waals surface area contributed by atoms with E-state index in [2.05, 4.69) is 36.5 Å². The molecule has 0 heterocycles. The smallest absolute Gasteiger partial charge is 0.0945 e. The second kappa shape index (κ2) is 8.11. The van der Waals surface area contributed by atoms with Crippen molar-refractivity contribution < 1.29 is 9.84 Å². The first-order valence-corrected chi connectivity index (χ1v) is 6.74. The maximum Gasteiger partial charge on any atom is 0.0945 e. The fourth-order valence-electron chi connectivity index (χ4n) is 1.68. The molecular formula is C15H25NO2. The van der Waals surface area contributed by atoms with E-state index in [1.54, 1.807) is 0 Å². The third-order valence-corrected chi connectivity index (χ3v) is 2.66. The van der Waals surface area contributed by atoms with Gasteiger partial charge in [0, 0.05) is 12.2 Å². The molecule has 0 bridgehead atoms. The highest BCUT2D eigenvalue weighted by Crippen LogP contribution is 2.11. The van der Waals surface area contributed by atoms with Gasteiger partial charge in [-0.25, -0.2) is 0 Å². The Kier molecular flexibility index (Phi) is 6.76.